The maximum Gasteiger partial charge on any atom is 0.0499 e. The number of aromatic nitrogens is 1. The minimum Gasteiger partial charge on any atom is -0.396 e. The molecule has 1 heterocycles. The third kappa shape index (κ3) is 3.05. The average molecular weight is 234 g/mol. The maximum absolute atomic E-state index is 9.25. The van der Waals surface area contributed by atoms with Crippen LogP contribution in [0.1, 0.15) is 32.4 Å². The van der Waals surface area contributed by atoms with Gasteiger partial charge in [-0.1, -0.05) is 19.9 Å². The van der Waals surface area contributed by atoms with Crippen molar-refractivity contribution >= 4 is 0 Å². The number of hydrogen-bond acceptors (Lipinski definition) is 3. The third-order valence-electron chi connectivity index (χ3n) is 3.72. The summed E-state index contributed by atoms with van der Waals surface area (Å²) in [5.41, 5.74) is 1.33. The van der Waals surface area contributed by atoms with Crippen LogP contribution in [0.5, 0.6) is 0 Å². The lowest BCUT2D eigenvalue weighted by Gasteiger charge is -2.25. The van der Waals surface area contributed by atoms with Gasteiger partial charge < -0.3 is 10.4 Å². The summed E-state index contributed by atoms with van der Waals surface area (Å²) in [7, 11) is 0. The molecule has 0 unspecified atom stereocenters. The molecule has 1 aliphatic carbocycles. The standard InChI is InChI=1S/C14H22N2O/c1-13(2,12-5-3-4-8-16-12)9-15-10-14(11-17)6-7-14/h3-5,8,15,17H,6-7,9-11H2,1-2H3. The Labute approximate surface area is 103 Å². The van der Waals surface area contributed by atoms with E-state index in [-0.39, 0.29) is 10.8 Å². The Morgan fingerprint density at radius 3 is 2.71 bits per heavy atom. The molecule has 0 amide bonds. The fraction of sp³-hybridized carbons (Fsp3) is 0.643. The number of rotatable bonds is 6. The molecular weight excluding hydrogens is 212 g/mol. The highest BCUT2D eigenvalue weighted by Crippen LogP contribution is 2.44. The zero-order valence-corrected chi connectivity index (χ0v) is 10.7. The Balaban J connectivity index is 1.85. The van der Waals surface area contributed by atoms with E-state index in [1.54, 1.807) is 0 Å². The molecule has 0 bridgehead atoms. The zero-order chi connectivity index (χ0) is 12.4. The summed E-state index contributed by atoms with van der Waals surface area (Å²) >= 11 is 0. The van der Waals surface area contributed by atoms with Gasteiger partial charge >= 0.3 is 0 Å². The van der Waals surface area contributed by atoms with E-state index in [9.17, 15) is 5.11 Å². The molecule has 0 aliphatic heterocycles. The summed E-state index contributed by atoms with van der Waals surface area (Å²) in [6, 6.07) is 6.04. The van der Waals surface area contributed by atoms with E-state index >= 15 is 0 Å². The first kappa shape index (κ1) is 12.5. The van der Waals surface area contributed by atoms with E-state index < -0.39 is 0 Å². The summed E-state index contributed by atoms with van der Waals surface area (Å²) < 4.78 is 0. The zero-order valence-electron chi connectivity index (χ0n) is 10.7. The Kier molecular flexibility index (Phi) is 3.50. The van der Waals surface area contributed by atoms with Crippen molar-refractivity contribution in [1.29, 1.82) is 0 Å². The van der Waals surface area contributed by atoms with E-state index in [2.05, 4.69) is 30.2 Å². The number of nitrogens with zero attached hydrogens (tertiary/aromatic N) is 1. The first-order valence-electron chi connectivity index (χ1n) is 6.31. The molecule has 1 aromatic rings. The minimum absolute atomic E-state index is 0.0345. The third-order valence-corrected chi connectivity index (χ3v) is 3.72. The number of nitrogens with one attached hydrogen (secondary N) is 1. The second kappa shape index (κ2) is 4.75. The van der Waals surface area contributed by atoms with Crippen molar-refractivity contribution in [2.75, 3.05) is 19.7 Å². The molecular formula is C14H22N2O. The van der Waals surface area contributed by atoms with Crippen LogP contribution in [0.25, 0.3) is 0 Å². The van der Waals surface area contributed by atoms with Gasteiger partial charge in [-0.15, -0.1) is 0 Å². The number of hydrogen-bond donors (Lipinski definition) is 2. The number of aliphatic hydroxyl groups is 1. The lowest BCUT2D eigenvalue weighted by atomic mass is 9.88. The molecule has 0 aromatic carbocycles. The van der Waals surface area contributed by atoms with Crippen LogP contribution in [0, 0.1) is 5.41 Å². The second-order valence-electron chi connectivity index (χ2n) is 5.86. The van der Waals surface area contributed by atoms with Gasteiger partial charge in [0.05, 0.1) is 0 Å². The van der Waals surface area contributed by atoms with Gasteiger partial charge in [0.1, 0.15) is 0 Å². The molecule has 0 saturated heterocycles. The highest BCUT2D eigenvalue weighted by molar-refractivity contribution is 5.15. The van der Waals surface area contributed by atoms with Crippen molar-refractivity contribution in [2.24, 2.45) is 5.41 Å². The van der Waals surface area contributed by atoms with Gasteiger partial charge in [-0.3, -0.25) is 4.98 Å². The van der Waals surface area contributed by atoms with Gasteiger partial charge in [-0.2, -0.15) is 0 Å². The van der Waals surface area contributed by atoms with Gasteiger partial charge in [0.2, 0.25) is 0 Å². The molecule has 1 saturated carbocycles. The molecule has 1 aliphatic rings. The van der Waals surface area contributed by atoms with Crippen LogP contribution in [0.15, 0.2) is 24.4 Å². The number of pyridine rings is 1. The molecule has 1 aromatic heterocycles. The van der Waals surface area contributed by atoms with Crippen molar-refractivity contribution in [2.45, 2.75) is 32.1 Å². The van der Waals surface area contributed by atoms with Crippen LogP contribution >= 0.6 is 0 Å². The molecule has 3 heteroatoms. The van der Waals surface area contributed by atoms with Crippen LogP contribution < -0.4 is 5.32 Å². The largest absolute Gasteiger partial charge is 0.396 e. The van der Waals surface area contributed by atoms with Crippen LogP contribution in [0.3, 0.4) is 0 Å². The van der Waals surface area contributed by atoms with Crippen LogP contribution in [-0.2, 0) is 5.41 Å². The van der Waals surface area contributed by atoms with Crippen molar-refractivity contribution in [3.05, 3.63) is 30.1 Å². The minimum atomic E-state index is 0.0345. The summed E-state index contributed by atoms with van der Waals surface area (Å²) in [5, 5.41) is 12.7. The Bertz CT molecular complexity index is 358. The first-order valence-corrected chi connectivity index (χ1v) is 6.31. The predicted molar refractivity (Wildman–Crippen MR) is 68.9 cm³/mol. The monoisotopic (exact) mass is 234 g/mol. The molecule has 17 heavy (non-hydrogen) atoms. The highest BCUT2D eigenvalue weighted by Gasteiger charge is 2.41. The van der Waals surface area contributed by atoms with Gasteiger partial charge in [0.15, 0.2) is 0 Å². The fourth-order valence-electron chi connectivity index (χ4n) is 2.06. The summed E-state index contributed by atoms with van der Waals surface area (Å²) in [6.07, 6.45) is 4.15. The van der Waals surface area contributed by atoms with Gasteiger partial charge in [-0.05, 0) is 25.0 Å². The fourth-order valence-corrected chi connectivity index (χ4v) is 2.06. The van der Waals surface area contributed by atoms with E-state index in [4.69, 9.17) is 0 Å². The molecule has 0 radical (unpaired) electrons. The molecule has 94 valence electrons. The Hall–Kier alpha value is -0.930. The van der Waals surface area contributed by atoms with Gasteiger partial charge in [0.25, 0.3) is 0 Å². The van der Waals surface area contributed by atoms with E-state index in [0.717, 1.165) is 31.6 Å². The molecule has 0 spiro atoms. The van der Waals surface area contributed by atoms with Crippen LogP contribution in [0.2, 0.25) is 0 Å². The molecule has 1 fully saturated rings. The van der Waals surface area contributed by atoms with E-state index in [0.29, 0.717) is 6.61 Å². The Morgan fingerprint density at radius 2 is 2.18 bits per heavy atom. The maximum atomic E-state index is 9.25. The van der Waals surface area contributed by atoms with Gasteiger partial charge in [0, 0.05) is 42.4 Å². The molecule has 3 nitrogen and oxygen atoms in total. The van der Waals surface area contributed by atoms with Crippen molar-refractivity contribution in [3.8, 4) is 0 Å². The summed E-state index contributed by atoms with van der Waals surface area (Å²) in [6.45, 7) is 6.51. The second-order valence-corrected chi connectivity index (χ2v) is 5.86. The molecule has 0 atom stereocenters. The lowest BCUT2D eigenvalue weighted by molar-refractivity contribution is 0.205. The highest BCUT2D eigenvalue weighted by atomic mass is 16.3. The average Bonchev–Trinajstić information content (AvgIpc) is 3.11. The van der Waals surface area contributed by atoms with Gasteiger partial charge in [-0.25, -0.2) is 0 Å². The Morgan fingerprint density at radius 1 is 1.41 bits per heavy atom. The summed E-state index contributed by atoms with van der Waals surface area (Å²) in [4.78, 5) is 4.41. The normalized spacial score (nSPS) is 18.1. The van der Waals surface area contributed by atoms with Crippen molar-refractivity contribution in [1.82, 2.24) is 10.3 Å². The predicted octanol–water partition coefficient (Wildman–Crippen LogP) is 1.72. The summed E-state index contributed by atoms with van der Waals surface area (Å²) in [5.74, 6) is 0. The van der Waals surface area contributed by atoms with Crippen LogP contribution in [0.4, 0.5) is 0 Å². The van der Waals surface area contributed by atoms with E-state index in [1.165, 1.54) is 0 Å². The topological polar surface area (TPSA) is 45.1 Å². The smallest absolute Gasteiger partial charge is 0.0499 e. The molecule has 2 N–H and O–H groups in total. The SMILES string of the molecule is CC(C)(CNCC1(CO)CC1)c1ccccn1. The van der Waals surface area contributed by atoms with Crippen molar-refractivity contribution < 1.29 is 5.11 Å². The van der Waals surface area contributed by atoms with E-state index in [1.807, 2.05) is 18.3 Å². The van der Waals surface area contributed by atoms with Crippen molar-refractivity contribution in [3.63, 3.8) is 0 Å². The quantitative estimate of drug-likeness (QED) is 0.788. The lowest BCUT2D eigenvalue weighted by Crippen LogP contribution is -2.37. The molecule has 2 rings (SSSR count). The van der Waals surface area contributed by atoms with Crippen LogP contribution in [-0.4, -0.2) is 29.8 Å². The first-order chi connectivity index (χ1) is 8.08. The number of aliphatic hydroxyl groups excluding tert-OH is 1.